The number of pyridine rings is 1. The van der Waals surface area contributed by atoms with Crippen molar-refractivity contribution in [2.75, 3.05) is 6.26 Å². The Bertz CT molecular complexity index is 641. The Labute approximate surface area is 114 Å². The predicted octanol–water partition coefficient (Wildman–Crippen LogP) is 4.13. The van der Waals surface area contributed by atoms with Gasteiger partial charge in [0, 0.05) is 11.1 Å². The molecule has 0 spiro atoms. The molecule has 0 radical (unpaired) electrons. The Balaban J connectivity index is 2.31. The van der Waals surface area contributed by atoms with Crippen LogP contribution in [0.5, 0.6) is 11.5 Å². The summed E-state index contributed by atoms with van der Waals surface area (Å²) in [5.41, 5.74) is 0.349. The molecule has 0 fully saturated rings. The third-order valence-corrected chi connectivity index (χ3v) is 3.39. The van der Waals surface area contributed by atoms with Crippen molar-refractivity contribution in [3.05, 3.63) is 46.7 Å². The first-order valence-corrected chi connectivity index (χ1v) is 6.81. The molecular weight excluding hydrogens is 264 g/mol. The van der Waals surface area contributed by atoms with Crippen molar-refractivity contribution in [1.82, 2.24) is 4.98 Å². The average Bonchev–Trinajstić information content (AvgIpc) is 2.40. The first-order valence-electron chi connectivity index (χ1n) is 5.18. The topological polar surface area (TPSA) is 48.8 Å². The highest BCUT2D eigenvalue weighted by Crippen LogP contribution is 2.26. The third kappa shape index (κ3) is 2.73. The Morgan fingerprint density at radius 1 is 1.28 bits per heavy atom. The second kappa shape index (κ2) is 5.71. The zero-order valence-electron chi connectivity index (χ0n) is 9.64. The molecule has 1 aromatic carbocycles. The van der Waals surface area contributed by atoms with Gasteiger partial charge in [-0.3, -0.25) is 0 Å². The van der Waals surface area contributed by atoms with Crippen molar-refractivity contribution in [3.63, 3.8) is 0 Å². The molecule has 2 rings (SSSR count). The van der Waals surface area contributed by atoms with Crippen molar-refractivity contribution < 1.29 is 4.74 Å². The second-order valence-electron chi connectivity index (χ2n) is 3.44. The van der Waals surface area contributed by atoms with Gasteiger partial charge < -0.3 is 9.72 Å². The van der Waals surface area contributed by atoms with E-state index in [0.717, 1.165) is 4.90 Å². The van der Waals surface area contributed by atoms with E-state index < -0.39 is 0 Å². The minimum absolute atomic E-state index is 0.349. The van der Waals surface area contributed by atoms with Gasteiger partial charge in [-0.25, -0.2) is 0 Å². The molecule has 2 aromatic rings. The van der Waals surface area contributed by atoms with Gasteiger partial charge in [0.1, 0.15) is 27.8 Å². The Kier molecular flexibility index (Phi) is 4.03. The lowest BCUT2D eigenvalue weighted by Gasteiger charge is -2.07. The number of hydrogen-bond donors (Lipinski definition) is 1. The number of hydrogen-bond acceptors (Lipinski definition) is 4. The molecule has 0 aliphatic heterocycles. The normalized spacial score (nSPS) is 9.78. The van der Waals surface area contributed by atoms with E-state index in [1.54, 1.807) is 24.0 Å². The molecule has 0 saturated carbocycles. The SMILES string of the molecule is CSc1ccc(Oc2cc[nH]c(=S)c2C#N)cc1. The first-order chi connectivity index (χ1) is 8.74. The summed E-state index contributed by atoms with van der Waals surface area (Å²) in [5, 5.41) is 9.04. The highest BCUT2D eigenvalue weighted by Gasteiger charge is 2.06. The van der Waals surface area contributed by atoms with E-state index in [0.29, 0.717) is 21.7 Å². The van der Waals surface area contributed by atoms with Crippen LogP contribution in [-0.4, -0.2) is 11.2 Å². The number of nitrogens with zero attached hydrogens (tertiary/aromatic N) is 1. The number of benzene rings is 1. The fraction of sp³-hybridized carbons (Fsp3) is 0.0769. The quantitative estimate of drug-likeness (QED) is 0.675. The maximum Gasteiger partial charge on any atom is 0.149 e. The van der Waals surface area contributed by atoms with Crippen molar-refractivity contribution in [1.29, 1.82) is 5.26 Å². The van der Waals surface area contributed by atoms with Crippen LogP contribution < -0.4 is 4.74 Å². The number of rotatable bonds is 3. The number of ether oxygens (including phenoxy) is 1. The van der Waals surface area contributed by atoms with Crippen molar-refractivity contribution in [2.45, 2.75) is 4.90 Å². The zero-order chi connectivity index (χ0) is 13.0. The molecule has 0 aliphatic rings. The van der Waals surface area contributed by atoms with Crippen LogP contribution in [0.3, 0.4) is 0 Å². The van der Waals surface area contributed by atoms with E-state index in [1.807, 2.05) is 36.6 Å². The molecule has 90 valence electrons. The molecule has 0 unspecified atom stereocenters. The third-order valence-electron chi connectivity index (χ3n) is 2.32. The molecule has 0 bridgehead atoms. The summed E-state index contributed by atoms with van der Waals surface area (Å²) in [7, 11) is 0. The second-order valence-corrected chi connectivity index (χ2v) is 4.72. The summed E-state index contributed by atoms with van der Waals surface area (Å²) >= 11 is 6.70. The number of nitriles is 1. The average molecular weight is 274 g/mol. The molecule has 0 aliphatic carbocycles. The Morgan fingerprint density at radius 2 is 2.00 bits per heavy atom. The number of H-pyrrole nitrogens is 1. The maximum atomic E-state index is 9.04. The van der Waals surface area contributed by atoms with Gasteiger partial charge in [-0.05, 0) is 36.6 Å². The summed E-state index contributed by atoms with van der Waals surface area (Å²) in [6, 6.07) is 11.4. The van der Waals surface area contributed by atoms with Crippen molar-refractivity contribution in [2.24, 2.45) is 0 Å². The lowest BCUT2D eigenvalue weighted by molar-refractivity contribution is 0.479. The van der Waals surface area contributed by atoms with E-state index in [4.69, 9.17) is 22.2 Å². The molecule has 5 heteroatoms. The standard InChI is InChI=1S/C13H10N2OS2/c1-18-10-4-2-9(3-5-10)16-12-6-7-15-13(17)11(12)8-14/h2-7H,1H3,(H,15,17). The molecule has 0 saturated heterocycles. The minimum Gasteiger partial charge on any atom is -0.456 e. The summed E-state index contributed by atoms with van der Waals surface area (Å²) in [4.78, 5) is 3.96. The van der Waals surface area contributed by atoms with Crippen LogP contribution in [-0.2, 0) is 0 Å². The number of nitrogens with one attached hydrogen (secondary N) is 1. The molecule has 0 amide bonds. The molecule has 18 heavy (non-hydrogen) atoms. The molecule has 1 N–H and O–H groups in total. The summed E-state index contributed by atoms with van der Waals surface area (Å²) in [5.74, 6) is 1.16. The van der Waals surface area contributed by atoms with Crippen LogP contribution in [0.4, 0.5) is 0 Å². The van der Waals surface area contributed by atoms with E-state index in [1.165, 1.54) is 0 Å². The van der Waals surface area contributed by atoms with E-state index in [9.17, 15) is 0 Å². The minimum atomic E-state index is 0.349. The molecule has 0 atom stereocenters. The summed E-state index contributed by atoms with van der Waals surface area (Å²) < 4.78 is 6.05. The van der Waals surface area contributed by atoms with E-state index >= 15 is 0 Å². The maximum absolute atomic E-state index is 9.04. The number of thioether (sulfide) groups is 1. The van der Waals surface area contributed by atoms with Crippen LogP contribution in [0.25, 0.3) is 0 Å². The van der Waals surface area contributed by atoms with Gasteiger partial charge >= 0.3 is 0 Å². The van der Waals surface area contributed by atoms with Gasteiger partial charge in [0.15, 0.2) is 0 Å². The highest BCUT2D eigenvalue weighted by atomic mass is 32.2. The van der Waals surface area contributed by atoms with E-state index in [-0.39, 0.29) is 0 Å². The van der Waals surface area contributed by atoms with Crippen LogP contribution in [0.15, 0.2) is 41.4 Å². The smallest absolute Gasteiger partial charge is 0.149 e. The molecular formula is C13H10N2OS2. The zero-order valence-corrected chi connectivity index (χ0v) is 11.3. The number of aromatic amines is 1. The number of aromatic nitrogens is 1. The van der Waals surface area contributed by atoms with Gasteiger partial charge in [0.05, 0.1) is 0 Å². The van der Waals surface area contributed by atoms with Gasteiger partial charge in [-0.15, -0.1) is 11.8 Å². The first kappa shape index (κ1) is 12.7. The Hall–Kier alpha value is -1.77. The summed E-state index contributed by atoms with van der Waals surface area (Å²) in [6.45, 7) is 0. The molecule has 1 heterocycles. The monoisotopic (exact) mass is 274 g/mol. The van der Waals surface area contributed by atoms with Crippen molar-refractivity contribution >= 4 is 24.0 Å². The van der Waals surface area contributed by atoms with Gasteiger partial charge in [-0.2, -0.15) is 5.26 Å². The van der Waals surface area contributed by atoms with Crippen LogP contribution in [0, 0.1) is 16.0 Å². The fourth-order valence-corrected chi connectivity index (χ4v) is 2.04. The van der Waals surface area contributed by atoms with Crippen LogP contribution >= 0.6 is 24.0 Å². The summed E-state index contributed by atoms with van der Waals surface area (Å²) in [6.07, 6.45) is 3.68. The van der Waals surface area contributed by atoms with Crippen LogP contribution in [0.2, 0.25) is 0 Å². The lowest BCUT2D eigenvalue weighted by Crippen LogP contribution is -1.90. The largest absolute Gasteiger partial charge is 0.456 e. The Morgan fingerprint density at radius 3 is 2.61 bits per heavy atom. The fourth-order valence-electron chi connectivity index (χ4n) is 1.42. The van der Waals surface area contributed by atoms with Gasteiger partial charge in [0.2, 0.25) is 0 Å². The van der Waals surface area contributed by atoms with E-state index in [2.05, 4.69) is 4.98 Å². The predicted molar refractivity (Wildman–Crippen MR) is 74.6 cm³/mol. The van der Waals surface area contributed by atoms with Gasteiger partial charge in [0.25, 0.3) is 0 Å². The van der Waals surface area contributed by atoms with Crippen LogP contribution in [0.1, 0.15) is 5.56 Å². The molecule has 1 aromatic heterocycles. The highest BCUT2D eigenvalue weighted by molar-refractivity contribution is 7.98. The lowest BCUT2D eigenvalue weighted by atomic mass is 10.3. The van der Waals surface area contributed by atoms with Gasteiger partial charge in [-0.1, -0.05) is 12.2 Å². The molecule has 3 nitrogen and oxygen atoms in total. The van der Waals surface area contributed by atoms with Crippen molar-refractivity contribution in [3.8, 4) is 17.6 Å².